The van der Waals surface area contributed by atoms with Crippen LogP contribution in [0.3, 0.4) is 0 Å². The summed E-state index contributed by atoms with van der Waals surface area (Å²) in [5.41, 5.74) is 5.58. The summed E-state index contributed by atoms with van der Waals surface area (Å²) < 4.78 is 29.5. The molecule has 17 heavy (non-hydrogen) atoms. The number of piperazine rings is 1. The summed E-state index contributed by atoms with van der Waals surface area (Å²) in [6, 6.07) is 0. The molecule has 0 aromatic rings. The van der Waals surface area contributed by atoms with Crippen LogP contribution < -0.4 is 5.73 Å². The topological polar surface area (TPSA) is 75.9 Å². The molecule has 1 aliphatic heterocycles. The molecule has 0 aromatic heterocycles. The molecule has 1 fully saturated rings. The number of hydrogen-bond acceptors (Lipinski definition) is 5. The van der Waals surface area contributed by atoms with Gasteiger partial charge in [0.25, 0.3) is 0 Å². The Morgan fingerprint density at radius 3 is 2.18 bits per heavy atom. The van der Waals surface area contributed by atoms with E-state index in [1.165, 1.54) is 10.6 Å². The summed E-state index contributed by atoms with van der Waals surface area (Å²) in [5, 5.41) is 0. The Hall–Kier alpha value is -0.210. The molecule has 1 heterocycles. The van der Waals surface area contributed by atoms with E-state index in [-0.39, 0.29) is 5.54 Å². The number of sulfonamides is 1. The van der Waals surface area contributed by atoms with Gasteiger partial charge in [0.05, 0.1) is 18.4 Å². The van der Waals surface area contributed by atoms with Crippen molar-refractivity contribution in [3.63, 3.8) is 0 Å². The predicted molar refractivity (Wildman–Crippen MR) is 67.3 cm³/mol. The van der Waals surface area contributed by atoms with Crippen molar-refractivity contribution in [3.8, 4) is 0 Å². The van der Waals surface area contributed by atoms with Crippen LogP contribution in [0.15, 0.2) is 0 Å². The Bertz CT molecular complexity index is 339. The molecule has 0 bridgehead atoms. The Morgan fingerprint density at radius 1 is 1.29 bits per heavy atom. The summed E-state index contributed by atoms with van der Waals surface area (Å²) in [6.07, 6.45) is 1.25. The van der Waals surface area contributed by atoms with E-state index in [9.17, 15) is 8.42 Å². The van der Waals surface area contributed by atoms with Gasteiger partial charge >= 0.3 is 0 Å². The van der Waals surface area contributed by atoms with Gasteiger partial charge in [-0.15, -0.1) is 0 Å². The van der Waals surface area contributed by atoms with Gasteiger partial charge in [-0.25, -0.2) is 8.42 Å². The highest BCUT2D eigenvalue weighted by Gasteiger charge is 2.34. The molecule has 1 aliphatic rings. The summed E-state index contributed by atoms with van der Waals surface area (Å²) in [6.45, 7) is 5.55. The third-order valence-corrected chi connectivity index (χ3v) is 4.67. The Kier molecular flexibility index (Phi) is 4.91. The molecular formula is C10H23N3O3S. The predicted octanol–water partition coefficient (Wildman–Crippen LogP) is -1.07. The van der Waals surface area contributed by atoms with Crippen LogP contribution in [-0.2, 0) is 14.8 Å². The molecule has 0 aliphatic carbocycles. The first-order chi connectivity index (χ1) is 7.83. The van der Waals surface area contributed by atoms with Crippen LogP contribution in [0.1, 0.15) is 6.92 Å². The van der Waals surface area contributed by atoms with Gasteiger partial charge in [-0.1, -0.05) is 0 Å². The van der Waals surface area contributed by atoms with E-state index in [0.717, 1.165) is 0 Å². The maximum absolute atomic E-state index is 11.4. The number of ether oxygens (including phenoxy) is 1. The second kappa shape index (κ2) is 5.62. The van der Waals surface area contributed by atoms with Gasteiger partial charge in [-0.3, -0.25) is 4.90 Å². The minimum absolute atomic E-state index is 0.210. The first kappa shape index (κ1) is 14.8. The van der Waals surface area contributed by atoms with Crippen LogP contribution in [-0.4, -0.2) is 75.9 Å². The van der Waals surface area contributed by atoms with Crippen LogP contribution in [0.5, 0.6) is 0 Å². The molecule has 1 rings (SSSR count). The van der Waals surface area contributed by atoms with Gasteiger partial charge in [0, 0.05) is 39.8 Å². The highest BCUT2D eigenvalue weighted by atomic mass is 32.2. The second-order valence-electron chi connectivity index (χ2n) is 4.78. The van der Waals surface area contributed by atoms with E-state index >= 15 is 0 Å². The van der Waals surface area contributed by atoms with Crippen molar-refractivity contribution in [2.45, 2.75) is 12.5 Å². The lowest BCUT2D eigenvalue weighted by atomic mass is 10.0. The SMILES string of the molecule is COCC(C)(CN)N1CCN(S(C)(=O)=O)CC1. The minimum atomic E-state index is -3.07. The molecule has 0 spiro atoms. The minimum Gasteiger partial charge on any atom is -0.383 e. The number of hydrogen-bond donors (Lipinski definition) is 1. The molecule has 6 nitrogen and oxygen atoms in total. The number of nitrogens with two attached hydrogens (primary N) is 1. The van der Waals surface area contributed by atoms with Crippen LogP contribution in [0, 0.1) is 0 Å². The fourth-order valence-corrected chi connectivity index (χ4v) is 2.98. The Labute approximate surface area is 104 Å². The van der Waals surface area contributed by atoms with E-state index in [0.29, 0.717) is 39.3 Å². The number of nitrogens with zero attached hydrogens (tertiary/aromatic N) is 2. The first-order valence-corrected chi connectivity index (χ1v) is 7.57. The van der Waals surface area contributed by atoms with Crippen LogP contribution in [0.4, 0.5) is 0 Å². The van der Waals surface area contributed by atoms with E-state index < -0.39 is 10.0 Å². The summed E-state index contributed by atoms with van der Waals surface area (Å²) in [7, 11) is -1.42. The Morgan fingerprint density at radius 2 is 1.82 bits per heavy atom. The van der Waals surface area contributed by atoms with Crippen molar-refractivity contribution in [1.82, 2.24) is 9.21 Å². The van der Waals surface area contributed by atoms with E-state index in [1.807, 2.05) is 6.92 Å². The summed E-state index contributed by atoms with van der Waals surface area (Å²) >= 11 is 0. The standard InChI is InChI=1S/C10H23N3O3S/c1-10(8-11,9-16-2)12-4-6-13(7-5-12)17(3,14)15/h4-9,11H2,1-3H3. The smallest absolute Gasteiger partial charge is 0.211 e. The lowest BCUT2D eigenvalue weighted by Gasteiger charge is -2.44. The molecule has 1 atom stereocenters. The maximum Gasteiger partial charge on any atom is 0.211 e. The number of rotatable bonds is 5. The zero-order valence-corrected chi connectivity index (χ0v) is 11.7. The summed E-state index contributed by atoms with van der Waals surface area (Å²) in [5.74, 6) is 0. The Balaban J connectivity index is 2.62. The van der Waals surface area contributed by atoms with Crippen molar-refractivity contribution in [2.75, 3.05) is 52.7 Å². The second-order valence-corrected chi connectivity index (χ2v) is 6.77. The first-order valence-electron chi connectivity index (χ1n) is 5.72. The molecule has 0 aromatic carbocycles. The zero-order chi connectivity index (χ0) is 13.1. The van der Waals surface area contributed by atoms with Gasteiger partial charge in [-0.2, -0.15) is 4.31 Å². The highest BCUT2D eigenvalue weighted by Crippen LogP contribution is 2.17. The van der Waals surface area contributed by atoms with Crippen molar-refractivity contribution in [2.24, 2.45) is 5.73 Å². The largest absolute Gasteiger partial charge is 0.383 e. The van der Waals surface area contributed by atoms with Gasteiger partial charge in [0.2, 0.25) is 10.0 Å². The molecule has 102 valence electrons. The van der Waals surface area contributed by atoms with E-state index in [1.54, 1.807) is 7.11 Å². The van der Waals surface area contributed by atoms with Crippen molar-refractivity contribution in [1.29, 1.82) is 0 Å². The van der Waals surface area contributed by atoms with Gasteiger partial charge < -0.3 is 10.5 Å². The van der Waals surface area contributed by atoms with E-state index in [2.05, 4.69) is 4.90 Å². The fourth-order valence-electron chi connectivity index (χ4n) is 2.15. The molecule has 1 unspecified atom stereocenters. The normalized spacial score (nSPS) is 23.5. The van der Waals surface area contributed by atoms with E-state index in [4.69, 9.17) is 10.5 Å². The van der Waals surface area contributed by atoms with Crippen LogP contribution in [0.2, 0.25) is 0 Å². The van der Waals surface area contributed by atoms with Crippen molar-refractivity contribution >= 4 is 10.0 Å². The third kappa shape index (κ3) is 3.62. The van der Waals surface area contributed by atoms with Crippen molar-refractivity contribution in [3.05, 3.63) is 0 Å². The average Bonchev–Trinajstić information content (AvgIpc) is 2.28. The lowest BCUT2D eigenvalue weighted by Crippen LogP contribution is -2.61. The molecule has 0 amide bonds. The quantitative estimate of drug-likeness (QED) is 0.685. The fraction of sp³-hybridized carbons (Fsp3) is 1.00. The number of methoxy groups -OCH3 is 1. The lowest BCUT2D eigenvalue weighted by molar-refractivity contribution is 0.00932. The summed E-state index contributed by atoms with van der Waals surface area (Å²) in [4.78, 5) is 2.21. The molecule has 0 saturated carbocycles. The molecule has 0 radical (unpaired) electrons. The molecule has 2 N–H and O–H groups in total. The average molecular weight is 265 g/mol. The monoisotopic (exact) mass is 265 g/mol. The van der Waals surface area contributed by atoms with Gasteiger partial charge in [0.1, 0.15) is 0 Å². The maximum atomic E-state index is 11.4. The molecule has 7 heteroatoms. The van der Waals surface area contributed by atoms with Crippen molar-refractivity contribution < 1.29 is 13.2 Å². The van der Waals surface area contributed by atoms with Crippen LogP contribution in [0.25, 0.3) is 0 Å². The molecular weight excluding hydrogens is 242 g/mol. The van der Waals surface area contributed by atoms with Gasteiger partial charge in [-0.05, 0) is 6.92 Å². The highest BCUT2D eigenvalue weighted by molar-refractivity contribution is 7.88. The van der Waals surface area contributed by atoms with Gasteiger partial charge in [0.15, 0.2) is 0 Å². The molecule has 1 saturated heterocycles. The van der Waals surface area contributed by atoms with Crippen LogP contribution >= 0.6 is 0 Å². The zero-order valence-electron chi connectivity index (χ0n) is 10.8. The third-order valence-electron chi connectivity index (χ3n) is 3.37.